The smallest absolute Gasteiger partial charge is 0.228 e. The predicted octanol–water partition coefficient (Wildman–Crippen LogP) is 0.888. The molecule has 1 aliphatic heterocycles. The van der Waals surface area contributed by atoms with Crippen molar-refractivity contribution in [2.45, 2.75) is 6.42 Å². The van der Waals surface area contributed by atoms with Crippen LogP contribution in [0.1, 0.15) is 12.0 Å². The molecule has 5 N–H and O–H groups in total. The molecule has 0 aromatic heterocycles. The molecule has 1 aliphatic rings. The summed E-state index contributed by atoms with van der Waals surface area (Å²) < 4.78 is 0. The third-order valence-corrected chi connectivity index (χ3v) is 3.81. The lowest BCUT2D eigenvalue weighted by molar-refractivity contribution is -0.119. The summed E-state index contributed by atoms with van der Waals surface area (Å²) in [5.41, 5.74) is 7.86. The van der Waals surface area contributed by atoms with Gasteiger partial charge in [-0.3, -0.25) is 4.79 Å². The minimum Gasteiger partial charge on any atom is -0.398 e. The maximum absolute atomic E-state index is 12.2. The summed E-state index contributed by atoms with van der Waals surface area (Å²) in [7, 11) is 0. The van der Waals surface area contributed by atoms with Gasteiger partial charge < -0.3 is 26.5 Å². The summed E-state index contributed by atoms with van der Waals surface area (Å²) >= 11 is 0. The number of carbonyl (C=O) groups is 1. The van der Waals surface area contributed by atoms with Crippen LogP contribution in [0.4, 0.5) is 5.69 Å². The second-order valence-electron chi connectivity index (χ2n) is 5.37. The van der Waals surface area contributed by atoms with Gasteiger partial charge in [-0.2, -0.15) is 0 Å². The van der Waals surface area contributed by atoms with E-state index >= 15 is 0 Å². The molecule has 2 rings (SSSR count). The zero-order valence-electron chi connectivity index (χ0n) is 12.5. The fourth-order valence-corrected chi connectivity index (χ4v) is 2.57. The molecule has 0 unspecified atom stereocenters. The average Bonchev–Trinajstić information content (AvgIpc) is 2.97. The lowest BCUT2D eigenvalue weighted by atomic mass is 10.1. The molecule has 1 fully saturated rings. The number of likely N-dealkylation sites (tertiary alicyclic amines) is 1. The molecular weight excluding hydrogens is 280 g/mol. The highest BCUT2D eigenvalue weighted by atomic mass is 16.3. The van der Waals surface area contributed by atoms with Gasteiger partial charge in [-0.1, -0.05) is 12.1 Å². The largest absolute Gasteiger partial charge is 0.398 e. The molecular formula is C16H22N4O2. The van der Waals surface area contributed by atoms with Crippen LogP contribution in [0.25, 0.3) is 5.70 Å². The Morgan fingerprint density at radius 3 is 2.82 bits per heavy atom. The fraction of sp³-hybridized carbons (Fsp3) is 0.375. The number of anilines is 1. The van der Waals surface area contributed by atoms with Crippen LogP contribution in [-0.2, 0) is 4.79 Å². The van der Waals surface area contributed by atoms with Crippen molar-refractivity contribution in [3.63, 3.8) is 0 Å². The van der Waals surface area contributed by atoms with Gasteiger partial charge in [-0.05, 0) is 36.7 Å². The highest BCUT2D eigenvalue weighted by Crippen LogP contribution is 2.19. The molecule has 1 atom stereocenters. The summed E-state index contributed by atoms with van der Waals surface area (Å²) in [6, 6.07) is 7.24. The van der Waals surface area contributed by atoms with Crippen LogP contribution in [0.3, 0.4) is 0 Å². The monoisotopic (exact) mass is 302 g/mol. The molecule has 6 heteroatoms. The predicted molar refractivity (Wildman–Crippen MR) is 87.7 cm³/mol. The molecule has 6 nitrogen and oxygen atoms in total. The standard InChI is InChI=1S/C16H22N4O2/c17-7-5-15(18)12-1-3-14(4-2-12)19-16(22)13-6-8-20(11-13)9-10-21/h1-5,7,13,17,21H,6,8-11,18H2,(H,19,22)/b15-5-,17-7?/t13-/m0/s1. The van der Waals surface area contributed by atoms with Gasteiger partial charge in [0.05, 0.1) is 12.5 Å². The molecule has 0 aliphatic carbocycles. The molecule has 118 valence electrons. The van der Waals surface area contributed by atoms with Crippen LogP contribution in [0.5, 0.6) is 0 Å². The summed E-state index contributed by atoms with van der Waals surface area (Å²) in [4.78, 5) is 14.3. The molecule has 1 aromatic carbocycles. The maximum atomic E-state index is 12.2. The number of rotatable bonds is 6. The van der Waals surface area contributed by atoms with Gasteiger partial charge in [-0.25, -0.2) is 0 Å². The number of nitrogens with zero attached hydrogens (tertiary/aromatic N) is 1. The van der Waals surface area contributed by atoms with E-state index in [0.717, 1.165) is 30.4 Å². The van der Waals surface area contributed by atoms with E-state index in [1.807, 2.05) is 12.1 Å². The summed E-state index contributed by atoms with van der Waals surface area (Å²) in [6.45, 7) is 2.29. The number of allylic oxidation sites excluding steroid dienone is 1. The third-order valence-electron chi connectivity index (χ3n) is 3.81. The summed E-state index contributed by atoms with van der Waals surface area (Å²) in [5.74, 6) is -0.0229. The Morgan fingerprint density at radius 1 is 1.45 bits per heavy atom. The van der Waals surface area contributed by atoms with Gasteiger partial charge in [0, 0.05) is 30.7 Å². The lowest BCUT2D eigenvalue weighted by Crippen LogP contribution is -2.28. The number of benzene rings is 1. The first kappa shape index (κ1) is 16.2. The van der Waals surface area contributed by atoms with E-state index in [-0.39, 0.29) is 18.4 Å². The number of aliphatic hydroxyl groups excluding tert-OH is 1. The van der Waals surface area contributed by atoms with E-state index in [9.17, 15) is 4.79 Å². The van der Waals surface area contributed by atoms with E-state index < -0.39 is 0 Å². The number of carbonyl (C=O) groups excluding carboxylic acids is 1. The fourth-order valence-electron chi connectivity index (χ4n) is 2.57. The van der Waals surface area contributed by atoms with Crippen molar-refractivity contribution in [1.82, 2.24) is 4.90 Å². The molecule has 0 radical (unpaired) electrons. The minimum atomic E-state index is -0.0332. The van der Waals surface area contributed by atoms with Crippen LogP contribution in [0.15, 0.2) is 30.3 Å². The first-order chi connectivity index (χ1) is 10.6. The van der Waals surface area contributed by atoms with E-state index in [1.165, 1.54) is 6.08 Å². The Hall–Kier alpha value is -2.18. The van der Waals surface area contributed by atoms with Crippen LogP contribution in [-0.4, -0.2) is 48.4 Å². The highest BCUT2D eigenvalue weighted by Gasteiger charge is 2.27. The lowest BCUT2D eigenvalue weighted by Gasteiger charge is -2.14. The number of aliphatic hydroxyl groups is 1. The van der Waals surface area contributed by atoms with Crippen molar-refractivity contribution in [3.8, 4) is 0 Å². The van der Waals surface area contributed by atoms with Gasteiger partial charge in [-0.15, -0.1) is 0 Å². The first-order valence-corrected chi connectivity index (χ1v) is 7.34. The van der Waals surface area contributed by atoms with Gasteiger partial charge in [0.25, 0.3) is 0 Å². The maximum Gasteiger partial charge on any atom is 0.228 e. The van der Waals surface area contributed by atoms with Crippen molar-refractivity contribution >= 4 is 23.5 Å². The van der Waals surface area contributed by atoms with E-state index in [4.69, 9.17) is 16.2 Å². The molecule has 1 amide bonds. The van der Waals surface area contributed by atoms with Crippen LogP contribution >= 0.6 is 0 Å². The Balaban J connectivity index is 1.92. The minimum absolute atomic E-state index is 0.0104. The molecule has 22 heavy (non-hydrogen) atoms. The van der Waals surface area contributed by atoms with Crippen LogP contribution in [0.2, 0.25) is 0 Å². The van der Waals surface area contributed by atoms with Gasteiger partial charge in [0.15, 0.2) is 0 Å². The number of amides is 1. The zero-order valence-corrected chi connectivity index (χ0v) is 12.5. The quantitative estimate of drug-likeness (QED) is 0.586. The van der Waals surface area contributed by atoms with Gasteiger partial charge >= 0.3 is 0 Å². The SMILES string of the molecule is N=C/C=C(\N)c1ccc(NC(=O)[C@H]2CCN(CCO)C2)cc1. The second-order valence-corrected chi connectivity index (χ2v) is 5.37. The second kappa shape index (κ2) is 7.72. The Labute approximate surface area is 130 Å². The normalized spacial score (nSPS) is 19.1. The Bertz CT molecular complexity index is 554. The topological polar surface area (TPSA) is 102 Å². The van der Waals surface area contributed by atoms with E-state index in [0.29, 0.717) is 18.8 Å². The van der Waals surface area contributed by atoms with E-state index in [1.54, 1.807) is 12.1 Å². The first-order valence-electron chi connectivity index (χ1n) is 7.34. The van der Waals surface area contributed by atoms with Crippen molar-refractivity contribution in [2.75, 3.05) is 31.6 Å². The van der Waals surface area contributed by atoms with Gasteiger partial charge in [0.1, 0.15) is 0 Å². The van der Waals surface area contributed by atoms with Crippen molar-refractivity contribution in [2.24, 2.45) is 11.7 Å². The van der Waals surface area contributed by atoms with E-state index in [2.05, 4.69) is 10.2 Å². The zero-order chi connectivity index (χ0) is 15.9. The number of hydrogen-bond donors (Lipinski definition) is 4. The molecule has 0 bridgehead atoms. The number of β-amino-alcohol motifs (C(OH)–C–C–N with tert-alkyl or cyclic N) is 1. The van der Waals surface area contributed by atoms with Crippen molar-refractivity contribution in [3.05, 3.63) is 35.9 Å². The molecule has 1 heterocycles. The third kappa shape index (κ3) is 4.16. The number of nitrogens with one attached hydrogen (secondary N) is 2. The Kier molecular flexibility index (Phi) is 5.68. The van der Waals surface area contributed by atoms with Gasteiger partial charge in [0.2, 0.25) is 5.91 Å². The highest BCUT2D eigenvalue weighted by molar-refractivity contribution is 5.93. The molecule has 0 saturated carbocycles. The molecule has 1 aromatic rings. The van der Waals surface area contributed by atoms with Crippen molar-refractivity contribution in [1.29, 1.82) is 5.41 Å². The Morgan fingerprint density at radius 2 is 2.18 bits per heavy atom. The number of nitrogens with two attached hydrogens (primary N) is 1. The number of hydrogen-bond acceptors (Lipinski definition) is 5. The molecule has 0 spiro atoms. The van der Waals surface area contributed by atoms with Crippen LogP contribution < -0.4 is 11.1 Å². The molecule has 1 saturated heterocycles. The summed E-state index contributed by atoms with van der Waals surface area (Å²) in [6.07, 6.45) is 3.48. The van der Waals surface area contributed by atoms with Crippen molar-refractivity contribution < 1.29 is 9.90 Å². The summed E-state index contributed by atoms with van der Waals surface area (Å²) in [5, 5.41) is 18.8. The van der Waals surface area contributed by atoms with Crippen LogP contribution in [0, 0.1) is 11.3 Å². The average molecular weight is 302 g/mol.